The zero-order chi connectivity index (χ0) is 13.5. The number of rotatable bonds is 5. The highest BCUT2D eigenvalue weighted by molar-refractivity contribution is 5.75. The van der Waals surface area contributed by atoms with Gasteiger partial charge in [0.05, 0.1) is 32.3 Å². The number of ether oxygens (including phenoxy) is 2. The van der Waals surface area contributed by atoms with Gasteiger partial charge in [-0.05, 0) is 12.8 Å². The Bertz CT molecular complexity index is 294. The SMILES string of the molecule is CCC(=O)N[C@@H]1CC[C@H](CC(=O)OC)O[C@H]1CO. The first kappa shape index (κ1) is 14.9. The summed E-state index contributed by atoms with van der Waals surface area (Å²) in [6.07, 6.45) is 1.24. The van der Waals surface area contributed by atoms with Crippen LogP contribution in [0.15, 0.2) is 0 Å². The van der Waals surface area contributed by atoms with Crippen molar-refractivity contribution in [3.8, 4) is 0 Å². The molecule has 2 N–H and O–H groups in total. The van der Waals surface area contributed by atoms with E-state index in [-0.39, 0.29) is 37.0 Å². The van der Waals surface area contributed by atoms with E-state index in [1.54, 1.807) is 6.92 Å². The average molecular weight is 259 g/mol. The van der Waals surface area contributed by atoms with Gasteiger partial charge in [0.2, 0.25) is 5.91 Å². The van der Waals surface area contributed by atoms with Gasteiger partial charge in [0.1, 0.15) is 6.10 Å². The van der Waals surface area contributed by atoms with E-state index in [0.29, 0.717) is 19.3 Å². The molecule has 3 atom stereocenters. The molecule has 6 nitrogen and oxygen atoms in total. The molecule has 0 aromatic carbocycles. The molecule has 1 aliphatic rings. The molecule has 1 heterocycles. The van der Waals surface area contributed by atoms with E-state index in [1.165, 1.54) is 7.11 Å². The molecule has 0 unspecified atom stereocenters. The number of carbonyl (C=O) groups excluding carboxylic acids is 2. The Morgan fingerprint density at radius 2 is 2.17 bits per heavy atom. The third-order valence-corrected chi connectivity index (χ3v) is 3.09. The number of amides is 1. The van der Waals surface area contributed by atoms with Crippen LogP contribution in [-0.2, 0) is 19.1 Å². The molecule has 1 aliphatic heterocycles. The number of carbonyl (C=O) groups is 2. The van der Waals surface area contributed by atoms with Crippen LogP contribution in [0.3, 0.4) is 0 Å². The molecule has 0 spiro atoms. The third-order valence-electron chi connectivity index (χ3n) is 3.09. The fraction of sp³-hybridized carbons (Fsp3) is 0.833. The second-order valence-electron chi connectivity index (χ2n) is 4.36. The minimum atomic E-state index is -0.455. The van der Waals surface area contributed by atoms with Gasteiger partial charge in [-0.3, -0.25) is 9.59 Å². The van der Waals surface area contributed by atoms with Gasteiger partial charge in [0.25, 0.3) is 0 Å². The standard InChI is InChI=1S/C12H21NO5/c1-3-11(15)13-9-5-4-8(6-12(16)17-2)18-10(9)7-14/h8-10,14H,3-7H2,1-2H3,(H,13,15)/t8-,9-,10+/m1/s1. The van der Waals surface area contributed by atoms with Crippen LogP contribution >= 0.6 is 0 Å². The lowest BCUT2D eigenvalue weighted by molar-refractivity contribution is -0.150. The van der Waals surface area contributed by atoms with E-state index < -0.39 is 6.10 Å². The maximum Gasteiger partial charge on any atom is 0.308 e. The summed E-state index contributed by atoms with van der Waals surface area (Å²) in [5.74, 6) is -0.388. The van der Waals surface area contributed by atoms with E-state index in [2.05, 4.69) is 10.1 Å². The molecule has 0 aromatic heterocycles. The molecule has 1 rings (SSSR count). The number of hydrogen-bond acceptors (Lipinski definition) is 5. The second kappa shape index (κ2) is 7.33. The van der Waals surface area contributed by atoms with Gasteiger partial charge in [0, 0.05) is 6.42 Å². The van der Waals surface area contributed by atoms with Crippen LogP contribution in [0.5, 0.6) is 0 Å². The first-order valence-electron chi connectivity index (χ1n) is 6.23. The number of aliphatic hydroxyl groups excluding tert-OH is 1. The van der Waals surface area contributed by atoms with Crippen molar-refractivity contribution in [3.63, 3.8) is 0 Å². The average Bonchev–Trinajstić information content (AvgIpc) is 2.39. The molecule has 6 heteroatoms. The first-order valence-corrected chi connectivity index (χ1v) is 6.23. The van der Waals surface area contributed by atoms with Gasteiger partial charge in [0.15, 0.2) is 0 Å². The Hall–Kier alpha value is -1.14. The Morgan fingerprint density at radius 3 is 2.72 bits per heavy atom. The highest BCUT2D eigenvalue weighted by Crippen LogP contribution is 2.22. The van der Waals surface area contributed by atoms with E-state index in [1.807, 2.05) is 0 Å². The fourth-order valence-corrected chi connectivity index (χ4v) is 2.03. The Labute approximate surface area is 107 Å². The van der Waals surface area contributed by atoms with Crippen molar-refractivity contribution in [2.75, 3.05) is 13.7 Å². The van der Waals surface area contributed by atoms with Gasteiger partial charge >= 0.3 is 5.97 Å². The summed E-state index contributed by atoms with van der Waals surface area (Å²) in [7, 11) is 1.33. The molecule has 18 heavy (non-hydrogen) atoms. The normalized spacial score (nSPS) is 27.6. The number of methoxy groups -OCH3 is 1. The molecule has 1 fully saturated rings. The summed E-state index contributed by atoms with van der Waals surface area (Å²) in [6, 6.07) is -0.184. The van der Waals surface area contributed by atoms with Crippen LogP contribution in [-0.4, -0.2) is 48.9 Å². The molecular formula is C12H21NO5. The van der Waals surface area contributed by atoms with Crippen molar-refractivity contribution in [2.24, 2.45) is 0 Å². The molecule has 0 saturated carbocycles. The first-order chi connectivity index (χ1) is 8.60. The van der Waals surface area contributed by atoms with Crippen LogP contribution in [0.1, 0.15) is 32.6 Å². The topological polar surface area (TPSA) is 84.9 Å². The smallest absolute Gasteiger partial charge is 0.308 e. The highest BCUT2D eigenvalue weighted by Gasteiger charge is 2.32. The molecule has 104 valence electrons. The maximum atomic E-state index is 11.3. The minimum Gasteiger partial charge on any atom is -0.469 e. The summed E-state index contributed by atoms with van der Waals surface area (Å²) < 4.78 is 10.2. The number of nitrogens with one attached hydrogen (secondary N) is 1. The van der Waals surface area contributed by atoms with Crippen LogP contribution in [0.25, 0.3) is 0 Å². The van der Waals surface area contributed by atoms with E-state index in [0.717, 1.165) is 0 Å². The lowest BCUT2D eigenvalue weighted by atomic mass is 9.97. The van der Waals surface area contributed by atoms with Crippen molar-refractivity contribution in [1.29, 1.82) is 0 Å². The van der Waals surface area contributed by atoms with E-state index >= 15 is 0 Å². The number of aliphatic hydroxyl groups is 1. The van der Waals surface area contributed by atoms with Gasteiger partial charge < -0.3 is 19.9 Å². The molecule has 0 aromatic rings. The van der Waals surface area contributed by atoms with Crippen LogP contribution in [0.2, 0.25) is 0 Å². The summed E-state index contributed by atoms with van der Waals surface area (Å²) in [6.45, 7) is 1.60. The Kier molecular flexibility index (Phi) is 6.07. The molecule has 1 saturated heterocycles. The van der Waals surface area contributed by atoms with Crippen molar-refractivity contribution in [1.82, 2.24) is 5.32 Å². The lowest BCUT2D eigenvalue weighted by Crippen LogP contribution is -2.51. The molecule has 0 aliphatic carbocycles. The monoisotopic (exact) mass is 259 g/mol. The molecule has 0 bridgehead atoms. The number of esters is 1. The summed E-state index contributed by atoms with van der Waals surface area (Å²) >= 11 is 0. The van der Waals surface area contributed by atoms with Crippen LogP contribution in [0.4, 0.5) is 0 Å². The van der Waals surface area contributed by atoms with Gasteiger partial charge in [-0.15, -0.1) is 0 Å². The summed E-state index contributed by atoms with van der Waals surface area (Å²) in [4.78, 5) is 22.5. The van der Waals surface area contributed by atoms with Crippen molar-refractivity contribution >= 4 is 11.9 Å². The van der Waals surface area contributed by atoms with Crippen molar-refractivity contribution in [2.45, 2.75) is 50.9 Å². The Morgan fingerprint density at radius 1 is 1.44 bits per heavy atom. The summed E-state index contributed by atoms with van der Waals surface area (Å²) in [5.41, 5.74) is 0. The predicted octanol–water partition coefficient (Wildman–Crippen LogP) is -0.0158. The maximum absolute atomic E-state index is 11.3. The molecule has 1 amide bonds. The lowest BCUT2D eigenvalue weighted by Gasteiger charge is -2.35. The van der Waals surface area contributed by atoms with Crippen LogP contribution in [0, 0.1) is 0 Å². The zero-order valence-corrected chi connectivity index (χ0v) is 10.8. The zero-order valence-electron chi connectivity index (χ0n) is 10.8. The van der Waals surface area contributed by atoms with Gasteiger partial charge in [-0.25, -0.2) is 0 Å². The van der Waals surface area contributed by atoms with Crippen LogP contribution < -0.4 is 5.32 Å². The van der Waals surface area contributed by atoms with Crippen molar-refractivity contribution < 1.29 is 24.2 Å². The van der Waals surface area contributed by atoms with E-state index in [9.17, 15) is 14.7 Å². The minimum absolute atomic E-state index is 0.0616. The molecular weight excluding hydrogens is 238 g/mol. The molecule has 0 radical (unpaired) electrons. The second-order valence-corrected chi connectivity index (χ2v) is 4.36. The predicted molar refractivity (Wildman–Crippen MR) is 63.8 cm³/mol. The van der Waals surface area contributed by atoms with Gasteiger partial charge in [-0.1, -0.05) is 6.92 Å². The fourth-order valence-electron chi connectivity index (χ4n) is 2.03. The largest absolute Gasteiger partial charge is 0.469 e. The van der Waals surface area contributed by atoms with E-state index in [4.69, 9.17) is 4.74 Å². The Balaban J connectivity index is 2.48. The quantitative estimate of drug-likeness (QED) is 0.678. The number of hydrogen-bond donors (Lipinski definition) is 2. The summed E-state index contributed by atoms with van der Waals surface area (Å²) in [5, 5.41) is 12.1. The highest BCUT2D eigenvalue weighted by atomic mass is 16.5. The van der Waals surface area contributed by atoms with Gasteiger partial charge in [-0.2, -0.15) is 0 Å². The van der Waals surface area contributed by atoms with Crippen molar-refractivity contribution in [3.05, 3.63) is 0 Å². The third kappa shape index (κ3) is 4.27.